The molecule has 174 valence electrons. The minimum atomic E-state index is -1.09. The van der Waals surface area contributed by atoms with Gasteiger partial charge in [-0.3, -0.25) is 4.79 Å². The van der Waals surface area contributed by atoms with E-state index in [1.807, 2.05) is 43.3 Å². The molecule has 34 heavy (non-hydrogen) atoms. The molecule has 0 bridgehead atoms. The molecule has 0 radical (unpaired) electrons. The van der Waals surface area contributed by atoms with Gasteiger partial charge < -0.3 is 20.5 Å². The van der Waals surface area contributed by atoms with Gasteiger partial charge in [0.15, 0.2) is 0 Å². The number of hydrogen-bond donors (Lipinski definition) is 3. The normalized spacial score (nSPS) is 12.9. The smallest absolute Gasteiger partial charge is 0.407 e. The lowest BCUT2D eigenvalue weighted by Crippen LogP contribution is -2.44. The summed E-state index contributed by atoms with van der Waals surface area (Å²) in [5.74, 6) is -1.59. The molecule has 0 fully saturated rings. The number of carboxylic acid groups (broad SMARTS) is 1. The second-order valence-electron chi connectivity index (χ2n) is 8.19. The highest BCUT2D eigenvalue weighted by Gasteiger charge is 2.29. The molecule has 4 rings (SSSR count). The molecular formula is C27H26N2O5. The summed E-state index contributed by atoms with van der Waals surface area (Å²) >= 11 is 0. The zero-order chi connectivity index (χ0) is 24.1. The van der Waals surface area contributed by atoms with E-state index < -0.39 is 24.0 Å². The standard InChI is InChI=1S/C27H26N2O5/c1-2-8-24(25(30)28-18-10-7-9-17(15-18)26(31)32)29-27(33)34-16-23-21-13-5-3-11-19(21)20-12-4-6-14-22(20)23/h3-7,9-15,23-24H,2,8,16H2,1H3,(H,28,30)(H,29,33)(H,31,32). The molecule has 1 aliphatic carbocycles. The number of carbonyl (C=O) groups excluding carboxylic acids is 2. The first-order valence-electron chi connectivity index (χ1n) is 11.2. The van der Waals surface area contributed by atoms with Crippen molar-refractivity contribution >= 4 is 23.7 Å². The van der Waals surface area contributed by atoms with Gasteiger partial charge in [0.05, 0.1) is 5.56 Å². The van der Waals surface area contributed by atoms with E-state index in [0.717, 1.165) is 22.3 Å². The molecule has 0 aliphatic heterocycles. The maximum absolute atomic E-state index is 12.8. The third-order valence-electron chi connectivity index (χ3n) is 5.91. The van der Waals surface area contributed by atoms with Crippen LogP contribution in [0.3, 0.4) is 0 Å². The van der Waals surface area contributed by atoms with Gasteiger partial charge in [0.1, 0.15) is 12.6 Å². The van der Waals surface area contributed by atoms with Crippen LogP contribution in [-0.2, 0) is 9.53 Å². The molecule has 3 aromatic carbocycles. The third kappa shape index (κ3) is 4.93. The van der Waals surface area contributed by atoms with Gasteiger partial charge in [-0.1, -0.05) is 67.9 Å². The zero-order valence-corrected chi connectivity index (χ0v) is 18.8. The van der Waals surface area contributed by atoms with Crippen LogP contribution in [0, 0.1) is 0 Å². The van der Waals surface area contributed by atoms with Crippen LogP contribution >= 0.6 is 0 Å². The number of nitrogens with one attached hydrogen (secondary N) is 2. The van der Waals surface area contributed by atoms with Gasteiger partial charge in [-0.15, -0.1) is 0 Å². The fraction of sp³-hybridized carbons (Fsp3) is 0.222. The Morgan fingerprint density at radius 1 is 0.941 bits per heavy atom. The van der Waals surface area contributed by atoms with E-state index in [-0.39, 0.29) is 18.1 Å². The molecule has 0 saturated heterocycles. The van der Waals surface area contributed by atoms with Crippen LogP contribution in [0.25, 0.3) is 11.1 Å². The van der Waals surface area contributed by atoms with Crippen LogP contribution in [0.2, 0.25) is 0 Å². The van der Waals surface area contributed by atoms with E-state index in [9.17, 15) is 14.4 Å². The largest absolute Gasteiger partial charge is 0.478 e. The number of alkyl carbamates (subject to hydrolysis) is 1. The number of fused-ring (bicyclic) bond motifs is 3. The fourth-order valence-electron chi connectivity index (χ4n) is 4.30. The molecule has 2 amide bonds. The van der Waals surface area contributed by atoms with Gasteiger partial charge in [0.2, 0.25) is 5.91 Å². The maximum Gasteiger partial charge on any atom is 0.407 e. The number of carboxylic acids is 1. The molecular weight excluding hydrogens is 432 g/mol. The maximum atomic E-state index is 12.8. The average molecular weight is 459 g/mol. The lowest BCUT2D eigenvalue weighted by molar-refractivity contribution is -0.118. The van der Waals surface area contributed by atoms with Crippen molar-refractivity contribution in [3.63, 3.8) is 0 Å². The Kier molecular flexibility index (Phi) is 6.92. The Morgan fingerprint density at radius 2 is 1.59 bits per heavy atom. The van der Waals surface area contributed by atoms with E-state index >= 15 is 0 Å². The number of benzene rings is 3. The summed E-state index contributed by atoms with van der Waals surface area (Å²) in [5, 5.41) is 14.5. The summed E-state index contributed by atoms with van der Waals surface area (Å²) in [6.45, 7) is 2.06. The van der Waals surface area contributed by atoms with Crippen molar-refractivity contribution in [3.8, 4) is 11.1 Å². The zero-order valence-electron chi connectivity index (χ0n) is 18.8. The van der Waals surface area contributed by atoms with E-state index in [0.29, 0.717) is 18.5 Å². The number of anilines is 1. The Bertz CT molecular complexity index is 1180. The summed E-state index contributed by atoms with van der Waals surface area (Å²) in [5.41, 5.74) is 4.91. The van der Waals surface area contributed by atoms with Gasteiger partial charge in [-0.05, 0) is 46.9 Å². The van der Waals surface area contributed by atoms with Gasteiger partial charge >= 0.3 is 12.1 Å². The summed E-state index contributed by atoms with van der Waals surface area (Å²) < 4.78 is 5.56. The highest BCUT2D eigenvalue weighted by molar-refractivity contribution is 5.98. The Balaban J connectivity index is 1.40. The van der Waals surface area contributed by atoms with Gasteiger partial charge in [-0.25, -0.2) is 9.59 Å². The van der Waals surface area contributed by atoms with Crippen LogP contribution < -0.4 is 10.6 Å². The average Bonchev–Trinajstić information content (AvgIpc) is 3.16. The SMILES string of the molecule is CCCC(NC(=O)OCC1c2ccccc2-c2ccccc21)C(=O)Nc1cccc(C(=O)O)c1. The Morgan fingerprint density at radius 3 is 2.21 bits per heavy atom. The molecule has 3 N–H and O–H groups in total. The molecule has 0 heterocycles. The number of aromatic carboxylic acids is 1. The topological polar surface area (TPSA) is 105 Å². The number of rotatable bonds is 8. The van der Waals surface area contributed by atoms with Crippen LogP contribution in [0.1, 0.15) is 47.2 Å². The van der Waals surface area contributed by atoms with E-state index in [1.54, 1.807) is 12.1 Å². The predicted octanol–water partition coefficient (Wildman–Crippen LogP) is 5.03. The molecule has 0 spiro atoms. The predicted molar refractivity (Wildman–Crippen MR) is 129 cm³/mol. The van der Waals surface area contributed by atoms with Gasteiger partial charge in [0, 0.05) is 11.6 Å². The van der Waals surface area contributed by atoms with Crippen LogP contribution in [0.4, 0.5) is 10.5 Å². The molecule has 7 nitrogen and oxygen atoms in total. The van der Waals surface area contributed by atoms with Crippen molar-refractivity contribution in [3.05, 3.63) is 89.5 Å². The highest BCUT2D eigenvalue weighted by Crippen LogP contribution is 2.44. The first kappa shape index (κ1) is 23.0. The third-order valence-corrected chi connectivity index (χ3v) is 5.91. The van der Waals surface area contributed by atoms with Crippen LogP contribution in [-0.4, -0.2) is 35.7 Å². The van der Waals surface area contributed by atoms with Gasteiger partial charge in [0.25, 0.3) is 0 Å². The molecule has 1 aliphatic rings. The minimum absolute atomic E-state index is 0.0642. The lowest BCUT2D eigenvalue weighted by atomic mass is 9.98. The fourth-order valence-corrected chi connectivity index (χ4v) is 4.30. The summed E-state index contributed by atoms with van der Waals surface area (Å²) in [4.78, 5) is 36.6. The molecule has 7 heteroatoms. The molecule has 3 aromatic rings. The minimum Gasteiger partial charge on any atom is -0.478 e. The van der Waals surface area contributed by atoms with Crippen molar-refractivity contribution in [2.75, 3.05) is 11.9 Å². The Hall–Kier alpha value is -4.13. The van der Waals surface area contributed by atoms with Crippen LogP contribution in [0.15, 0.2) is 72.8 Å². The van der Waals surface area contributed by atoms with Crippen molar-refractivity contribution in [1.82, 2.24) is 5.32 Å². The molecule has 0 saturated carbocycles. The number of hydrogen-bond acceptors (Lipinski definition) is 4. The van der Waals surface area contributed by atoms with Gasteiger partial charge in [-0.2, -0.15) is 0 Å². The molecule has 1 atom stereocenters. The van der Waals surface area contributed by atoms with Crippen molar-refractivity contribution in [2.24, 2.45) is 0 Å². The highest BCUT2D eigenvalue weighted by atomic mass is 16.5. The Labute approximate surface area is 197 Å². The number of carbonyl (C=O) groups is 3. The van der Waals surface area contributed by atoms with Crippen molar-refractivity contribution < 1.29 is 24.2 Å². The summed E-state index contributed by atoms with van der Waals surface area (Å²) in [6, 6.07) is 21.3. The second-order valence-corrected chi connectivity index (χ2v) is 8.19. The quantitative estimate of drug-likeness (QED) is 0.439. The first-order chi connectivity index (χ1) is 16.5. The second kappa shape index (κ2) is 10.2. The van der Waals surface area contributed by atoms with E-state index in [1.165, 1.54) is 12.1 Å². The lowest BCUT2D eigenvalue weighted by Gasteiger charge is -2.19. The van der Waals surface area contributed by atoms with Crippen molar-refractivity contribution in [2.45, 2.75) is 31.7 Å². The number of amides is 2. The number of ether oxygens (including phenoxy) is 1. The molecule has 0 aromatic heterocycles. The van der Waals surface area contributed by atoms with E-state index in [4.69, 9.17) is 9.84 Å². The van der Waals surface area contributed by atoms with E-state index in [2.05, 4.69) is 22.8 Å². The first-order valence-corrected chi connectivity index (χ1v) is 11.2. The van der Waals surface area contributed by atoms with Crippen LogP contribution in [0.5, 0.6) is 0 Å². The molecule has 1 unspecified atom stereocenters. The summed E-state index contributed by atoms with van der Waals surface area (Å²) in [6.07, 6.45) is 0.403. The van der Waals surface area contributed by atoms with Crippen molar-refractivity contribution in [1.29, 1.82) is 0 Å². The monoisotopic (exact) mass is 458 g/mol. The summed E-state index contributed by atoms with van der Waals surface area (Å²) in [7, 11) is 0.